The number of carbonyl (C=O) groups excluding carboxylic acids is 1. The van der Waals surface area contributed by atoms with Crippen LogP contribution in [0, 0.1) is 5.92 Å². The average molecular weight is 274 g/mol. The van der Waals surface area contributed by atoms with E-state index in [2.05, 4.69) is 13.8 Å². The van der Waals surface area contributed by atoms with E-state index in [-0.39, 0.29) is 5.91 Å². The molecule has 0 heterocycles. The Morgan fingerprint density at radius 3 is 2.50 bits per heavy atom. The number of benzene rings is 1. The first-order valence-corrected chi connectivity index (χ1v) is 7.68. The van der Waals surface area contributed by atoms with Crippen LogP contribution in [0.1, 0.15) is 38.7 Å². The second-order valence-electron chi connectivity index (χ2n) is 6.24. The van der Waals surface area contributed by atoms with E-state index in [1.165, 1.54) is 0 Å². The highest BCUT2D eigenvalue weighted by Gasteiger charge is 2.34. The van der Waals surface area contributed by atoms with Crippen LogP contribution >= 0.6 is 0 Å². The van der Waals surface area contributed by atoms with Crippen LogP contribution in [-0.2, 0) is 11.2 Å². The molecule has 0 bridgehead atoms. The number of carbonyl (C=O) groups is 1. The normalized spacial score (nSPS) is 16.2. The molecule has 0 aliphatic heterocycles. The fourth-order valence-corrected chi connectivity index (χ4v) is 2.42. The van der Waals surface area contributed by atoms with E-state index in [1.807, 2.05) is 35.2 Å². The summed E-state index contributed by atoms with van der Waals surface area (Å²) in [5.41, 5.74) is 7.26. The molecule has 1 aliphatic carbocycles. The van der Waals surface area contributed by atoms with E-state index >= 15 is 0 Å². The molecule has 0 spiro atoms. The van der Waals surface area contributed by atoms with Crippen molar-refractivity contribution in [2.75, 3.05) is 6.54 Å². The van der Waals surface area contributed by atoms with Gasteiger partial charge in [-0.3, -0.25) is 4.79 Å². The second kappa shape index (κ2) is 6.89. The summed E-state index contributed by atoms with van der Waals surface area (Å²) >= 11 is 0. The molecule has 110 valence electrons. The van der Waals surface area contributed by atoms with Gasteiger partial charge in [0.25, 0.3) is 0 Å². The van der Waals surface area contributed by atoms with Crippen molar-refractivity contribution in [3.05, 3.63) is 35.9 Å². The molecule has 1 aromatic rings. The van der Waals surface area contributed by atoms with Crippen LogP contribution in [0.25, 0.3) is 0 Å². The van der Waals surface area contributed by atoms with Crippen LogP contribution in [0.15, 0.2) is 30.3 Å². The fourth-order valence-electron chi connectivity index (χ4n) is 2.42. The molecule has 2 rings (SSSR count). The molecule has 1 aliphatic rings. The van der Waals surface area contributed by atoms with Crippen molar-refractivity contribution in [2.45, 2.75) is 51.6 Å². The fraction of sp³-hybridized carbons (Fsp3) is 0.588. The highest BCUT2D eigenvalue weighted by molar-refractivity contribution is 5.82. The van der Waals surface area contributed by atoms with E-state index in [0.29, 0.717) is 18.4 Å². The van der Waals surface area contributed by atoms with Gasteiger partial charge in [0.1, 0.15) is 0 Å². The molecule has 0 aromatic heterocycles. The third-order valence-electron chi connectivity index (χ3n) is 3.83. The standard InChI is InChI=1S/C17H26N2O/c1-13(2)10-11-19(15-8-9-15)17(20)16(18)12-14-6-4-3-5-7-14/h3-7,13,15-16H,8-12,18H2,1-2H3/t16-/m0/s1. The number of amides is 1. The molecular weight excluding hydrogens is 248 g/mol. The van der Waals surface area contributed by atoms with Gasteiger partial charge in [0.15, 0.2) is 0 Å². The molecule has 3 nitrogen and oxygen atoms in total. The maximum absolute atomic E-state index is 12.5. The van der Waals surface area contributed by atoms with E-state index in [9.17, 15) is 4.79 Å². The zero-order chi connectivity index (χ0) is 14.5. The Labute approximate surface area is 122 Å². The first-order valence-electron chi connectivity index (χ1n) is 7.68. The Morgan fingerprint density at radius 2 is 1.95 bits per heavy atom. The van der Waals surface area contributed by atoms with E-state index in [0.717, 1.165) is 31.4 Å². The number of hydrogen-bond donors (Lipinski definition) is 1. The van der Waals surface area contributed by atoms with Crippen LogP contribution < -0.4 is 5.73 Å². The van der Waals surface area contributed by atoms with Gasteiger partial charge in [-0.1, -0.05) is 44.2 Å². The number of nitrogens with zero attached hydrogens (tertiary/aromatic N) is 1. The van der Waals surface area contributed by atoms with Crippen LogP contribution in [0.4, 0.5) is 0 Å². The Hall–Kier alpha value is -1.35. The smallest absolute Gasteiger partial charge is 0.240 e. The highest BCUT2D eigenvalue weighted by Crippen LogP contribution is 2.28. The van der Waals surface area contributed by atoms with Crippen molar-refractivity contribution < 1.29 is 4.79 Å². The lowest BCUT2D eigenvalue weighted by atomic mass is 10.0. The van der Waals surface area contributed by atoms with Crippen molar-refractivity contribution in [1.29, 1.82) is 0 Å². The minimum atomic E-state index is -0.412. The summed E-state index contributed by atoms with van der Waals surface area (Å²) in [5, 5.41) is 0. The lowest BCUT2D eigenvalue weighted by molar-refractivity contribution is -0.133. The van der Waals surface area contributed by atoms with Gasteiger partial charge in [-0.25, -0.2) is 0 Å². The minimum absolute atomic E-state index is 0.122. The van der Waals surface area contributed by atoms with Crippen LogP contribution in [0.5, 0.6) is 0 Å². The van der Waals surface area contributed by atoms with Crippen LogP contribution in [0.2, 0.25) is 0 Å². The molecule has 20 heavy (non-hydrogen) atoms. The predicted octanol–water partition coefficient (Wildman–Crippen LogP) is 2.59. The Morgan fingerprint density at radius 1 is 1.30 bits per heavy atom. The summed E-state index contributed by atoms with van der Waals surface area (Å²) in [6.07, 6.45) is 3.97. The van der Waals surface area contributed by atoms with Crippen molar-refractivity contribution in [2.24, 2.45) is 11.7 Å². The third-order valence-corrected chi connectivity index (χ3v) is 3.83. The molecule has 0 radical (unpaired) electrons. The SMILES string of the molecule is CC(C)CCN(C(=O)[C@@H](N)Cc1ccccc1)C1CC1. The molecule has 2 N–H and O–H groups in total. The van der Waals surface area contributed by atoms with E-state index in [1.54, 1.807) is 0 Å². The molecule has 3 heteroatoms. The van der Waals surface area contributed by atoms with Crippen molar-refractivity contribution in [3.8, 4) is 0 Å². The predicted molar refractivity (Wildman–Crippen MR) is 82.3 cm³/mol. The topological polar surface area (TPSA) is 46.3 Å². The van der Waals surface area contributed by atoms with Crippen molar-refractivity contribution in [3.63, 3.8) is 0 Å². The Bertz CT molecular complexity index is 426. The van der Waals surface area contributed by atoms with E-state index in [4.69, 9.17) is 5.73 Å². The summed E-state index contributed by atoms with van der Waals surface area (Å²) in [7, 11) is 0. The highest BCUT2D eigenvalue weighted by atomic mass is 16.2. The summed E-state index contributed by atoms with van der Waals surface area (Å²) in [5.74, 6) is 0.742. The largest absolute Gasteiger partial charge is 0.338 e. The summed E-state index contributed by atoms with van der Waals surface area (Å²) in [6.45, 7) is 5.24. The van der Waals surface area contributed by atoms with Gasteiger partial charge in [0, 0.05) is 12.6 Å². The molecule has 1 fully saturated rings. The summed E-state index contributed by atoms with van der Waals surface area (Å²) < 4.78 is 0. The lowest BCUT2D eigenvalue weighted by Crippen LogP contribution is -2.46. The molecule has 0 unspecified atom stereocenters. The molecule has 1 amide bonds. The summed E-state index contributed by atoms with van der Waals surface area (Å²) in [4.78, 5) is 14.6. The van der Waals surface area contributed by atoms with Gasteiger partial charge in [0.2, 0.25) is 5.91 Å². The number of hydrogen-bond acceptors (Lipinski definition) is 2. The van der Waals surface area contributed by atoms with Gasteiger partial charge < -0.3 is 10.6 Å². The van der Waals surface area contributed by atoms with Crippen LogP contribution in [0.3, 0.4) is 0 Å². The minimum Gasteiger partial charge on any atom is -0.338 e. The maximum atomic E-state index is 12.5. The first-order chi connectivity index (χ1) is 9.58. The Kier molecular flexibility index (Phi) is 5.18. The van der Waals surface area contributed by atoms with Gasteiger partial charge >= 0.3 is 0 Å². The van der Waals surface area contributed by atoms with Gasteiger partial charge in [-0.2, -0.15) is 0 Å². The van der Waals surface area contributed by atoms with Crippen molar-refractivity contribution in [1.82, 2.24) is 4.90 Å². The number of rotatable bonds is 7. The Balaban J connectivity index is 1.92. The summed E-state index contributed by atoms with van der Waals surface area (Å²) in [6, 6.07) is 10.1. The molecule has 1 atom stereocenters. The molecular formula is C17H26N2O. The maximum Gasteiger partial charge on any atom is 0.240 e. The van der Waals surface area contributed by atoms with Crippen molar-refractivity contribution >= 4 is 5.91 Å². The van der Waals surface area contributed by atoms with E-state index < -0.39 is 6.04 Å². The zero-order valence-corrected chi connectivity index (χ0v) is 12.6. The third kappa shape index (κ3) is 4.34. The molecule has 1 saturated carbocycles. The van der Waals surface area contributed by atoms with Gasteiger partial charge in [0.05, 0.1) is 6.04 Å². The molecule has 1 aromatic carbocycles. The lowest BCUT2D eigenvalue weighted by Gasteiger charge is -2.26. The monoisotopic (exact) mass is 274 g/mol. The number of nitrogens with two attached hydrogens (primary N) is 1. The first kappa shape index (κ1) is 15.0. The average Bonchev–Trinajstić information content (AvgIpc) is 3.24. The quantitative estimate of drug-likeness (QED) is 0.830. The second-order valence-corrected chi connectivity index (χ2v) is 6.24. The van der Waals surface area contributed by atoms with Crippen LogP contribution in [-0.4, -0.2) is 29.4 Å². The van der Waals surface area contributed by atoms with Gasteiger partial charge in [-0.15, -0.1) is 0 Å². The zero-order valence-electron chi connectivity index (χ0n) is 12.6. The molecule has 0 saturated heterocycles. The van der Waals surface area contributed by atoms with Gasteiger partial charge in [-0.05, 0) is 37.2 Å².